The summed E-state index contributed by atoms with van der Waals surface area (Å²) < 4.78 is 24.6. The van der Waals surface area contributed by atoms with Crippen molar-refractivity contribution < 1.29 is 13.2 Å². The Morgan fingerprint density at radius 3 is 2.44 bits per heavy atom. The third-order valence-corrected chi connectivity index (χ3v) is 7.16. The lowest BCUT2D eigenvalue weighted by Gasteiger charge is -2.43. The molecule has 2 aliphatic rings. The molecule has 2 atom stereocenters. The summed E-state index contributed by atoms with van der Waals surface area (Å²) in [6.45, 7) is 9.43. The van der Waals surface area contributed by atoms with Gasteiger partial charge in [-0.05, 0) is 56.0 Å². The Morgan fingerprint density at radius 2 is 1.80 bits per heavy atom. The van der Waals surface area contributed by atoms with Crippen molar-refractivity contribution in [3.05, 3.63) is 29.3 Å². The number of hydrogen-bond acceptors (Lipinski definition) is 4. The van der Waals surface area contributed by atoms with E-state index in [4.69, 9.17) is 0 Å². The largest absolute Gasteiger partial charge is 0.306 e. The third-order valence-electron chi connectivity index (χ3n) is 5.46. The van der Waals surface area contributed by atoms with Gasteiger partial charge in [0.05, 0.1) is 24.1 Å². The van der Waals surface area contributed by atoms with Gasteiger partial charge in [-0.3, -0.25) is 9.69 Å². The van der Waals surface area contributed by atoms with Crippen LogP contribution in [0.25, 0.3) is 0 Å². The van der Waals surface area contributed by atoms with Crippen LogP contribution in [-0.4, -0.2) is 55.9 Å². The van der Waals surface area contributed by atoms with E-state index in [1.807, 2.05) is 32.0 Å². The molecular formula is C19H28N2O3S. The molecule has 0 saturated carbocycles. The molecule has 6 heteroatoms. The molecule has 0 radical (unpaired) electrons. The van der Waals surface area contributed by atoms with Crippen LogP contribution in [0.5, 0.6) is 0 Å². The standard InChI is InChI=1S/C19H28N2O3S/c1-13(2)7-8-20-10-19(22)21(16-6-5-14(3)15(4)9-16)18-12-25(23,24)11-17(18)20/h5-6,9,13,17-18H,7-8,10-12H2,1-4H3/t17-,18+/m0/s1. The molecule has 0 N–H and O–H groups in total. The molecule has 1 aromatic rings. The number of benzene rings is 1. The van der Waals surface area contributed by atoms with E-state index in [0.717, 1.165) is 24.2 Å². The van der Waals surface area contributed by atoms with E-state index in [2.05, 4.69) is 18.7 Å². The van der Waals surface area contributed by atoms with Gasteiger partial charge in [0.25, 0.3) is 0 Å². The van der Waals surface area contributed by atoms with Gasteiger partial charge in [-0.2, -0.15) is 0 Å². The van der Waals surface area contributed by atoms with Gasteiger partial charge in [0.15, 0.2) is 9.84 Å². The maximum atomic E-state index is 12.9. The minimum absolute atomic E-state index is 0.00496. The van der Waals surface area contributed by atoms with Crippen molar-refractivity contribution >= 4 is 21.4 Å². The van der Waals surface area contributed by atoms with Crippen LogP contribution < -0.4 is 4.90 Å². The molecule has 0 spiro atoms. The van der Waals surface area contributed by atoms with Crippen LogP contribution in [0.2, 0.25) is 0 Å². The molecule has 3 rings (SSSR count). The molecule has 2 heterocycles. The van der Waals surface area contributed by atoms with Crippen molar-refractivity contribution in [2.24, 2.45) is 5.92 Å². The van der Waals surface area contributed by atoms with Crippen LogP contribution in [0, 0.1) is 19.8 Å². The number of rotatable bonds is 4. The number of piperazine rings is 1. The summed E-state index contributed by atoms with van der Waals surface area (Å²) in [5.74, 6) is 0.758. The zero-order valence-electron chi connectivity index (χ0n) is 15.5. The highest BCUT2D eigenvalue weighted by atomic mass is 32.2. The topological polar surface area (TPSA) is 57.7 Å². The first-order valence-corrected chi connectivity index (χ1v) is 10.8. The second-order valence-electron chi connectivity index (χ2n) is 7.90. The summed E-state index contributed by atoms with van der Waals surface area (Å²) in [4.78, 5) is 16.7. The van der Waals surface area contributed by atoms with Crippen molar-refractivity contribution in [2.75, 3.05) is 29.5 Å². The van der Waals surface area contributed by atoms with Gasteiger partial charge in [-0.1, -0.05) is 19.9 Å². The van der Waals surface area contributed by atoms with Crippen molar-refractivity contribution in [1.29, 1.82) is 0 Å². The SMILES string of the molecule is Cc1ccc(N2C(=O)CN(CCC(C)C)[C@H]3CS(=O)(=O)C[C@H]32)cc1C. The Labute approximate surface area is 150 Å². The number of carbonyl (C=O) groups excluding carboxylic acids is 1. The molecule has 138 valence electrons. The van der Waals surface area contributed by atoms with Gasteiger partial charge >= 0.3 is 0 Å². The van der Waals surface area contributed by atoms with Crippen molar-refractivity contribution in [3.8, 4) is 0 Å². The van der Waals surface area contributed by atoms with Gasteiger partial charge in [0, 0.05) is 11.7 Å². The first-order chi connectivity index (χ1) is 11.7. The summed E-state index contributed by atoms with van der Waals surface area (Å²) in [6.07, 6.45) is 0.972. The van der Waals surface area contributed by atoms with E-state index in [1.54, 1.807) is 4.90 Å². The van der Waals surface area contributed by atoms with Crippen LogP contribution in [-0.2, 0) is 14.6 Å². The van der Waals surface area contributed by atoms with Gasteiger partial charge in [0.2, 0.25) is 5.91 Å². The highest BCUT2D eigenvalue weighted by Gasteiger charge is 2.49. The molecule has 0 unspecified atom stereocenters. The fourth-order valence-corrected chi connectivity index (χ4v) is 5.82. The number of nitrogens with zero attached hydrogens (tertiary/aromatic N) is 2. The van der Waals surface area contributed by atoms with Gasteiger partial charge < -0.3 is 4.90 Å². The maximum absolute atomic E-state index is 12.9. The molecule has 0 bridgehead atoms. The predicted molar refractivity (Wildman–Crippen MR) is 101 cm³/mol. The van der Waals surface area contributed by atoms with Crippen molar-refractivity contribution in [1.82, 2.24) is 4.90 Å². The second kappa shape index (κ2) is 6.72. The Balaban J connectivity index is 1.93. The fourth-order valence-electron chi connectivity index (χ4n) is 3.84. The molecule has 5 nitrogen and oxygen atoms in total. The van der Waals surface area contributed by atoms with E-state index < -0.39 is 9.84 Å². The predicted octanol–water partition coefficient (Wildman–Crippen LogP) is 2.16. The highest BCUT2D eigenvalue weighted by molar-refractivity contribution is 7.91. The van der Waals surface area contributed by atoms with Crippen molar-refractivity contribution in [3.63, 3.8) is 0 Å². The second-order valence-corrected chi connectivity index (χ2v) is 10.1. The Bertz CT molecular complexity index is 773. The Morgan fingerprint density at radius 1 is 1.12 bits per heavy atom. The minimum Gasteiger partial charge on any atom is -0.306 e. The summed E-state index contributed by atoms with van der Waals surface area (Å²) in [5.41, 5.74) is 3.11. The molecule has 2 saturated heterocycles. The lowest BCUT2D eigenvalue weighted by Crippen LogP contribution is -2.62. The van der Waals surface area contributed by atoms with Crippen LogP contribution in [0.1, 0.15) is 31.4 Å². The number of amides is 1. The quantitative estimate of drug-likeness (QED) is 0.822. The number of hydrogen-bond donors (Lipinski definition) is 0. The van der Waals surface area contributed by atoms with E-state index in [-0.39, 0.29) is 29.5 Å². The normalized spacial score (nSPS) is 26.3. The molecule has 1 aromatic carbocycles. The monoisotopic (exact) mass is 364 g/mol. The number of carbonyl (C=O) groups is 1. The van der Waals surface area contributed by atoms with E-state index in [9.17, 15) is 13.2 Å². The lowest BCUT2D eigenvalue weighted by atomic mass is 10.0. The van der Waals surface area contributed by atoms with E-state index in [0.29, 0.717) is 12.5 Å². The van der Waals surface area contributed by atoms with Crippen LogP contribution >= 0.6 is 0 Å². The first kappa shape index (κ1) is 18.4. The number of sulfone groups is 1. The van der Waals surface area contributed by atoms with Crippen LogP contribution in [0.4, 0.5) is 5.69 Å². The Hall–Kier alpha value is -1.40. The van der Waals surface area contributed by atoms with Crippen LogP contribution in [0.3, 0.4) is 0 Å². The zero-order valence-corrected chi connectivity index (χ0v) is 16.3. The molecule has 2 aliphatic heterocycles. The van der Waals surface area contributed by atoms with Gasteiger partial charge in [-0.15, -0.1) is 0 Å². The molecular weight excluding hydrogens is 336 g/mol. The van der Waals surface area contributed by atoms with Gasteiger partial charge in [0.1, 0.15) is 0 Å². The first-order valence-electron chi connectivity index (χ1n) is 9.02. The number of anilines is 1. The molecule has 25 heavy (non-hydrogen) atoms. The Kier molecular flexibility index (Phi) is 4.95. The van der Waals surface area contributed by atoms with E-state index >= 15 is 0 Å². The van der Waals surface area contributed by atoms with Crippen molar-refractivity contribution in [2.45, 2.75) is 46.2 Å². The summed E-state index contributed by atoms with van der Waals surface area (Å²) in [6, 6.07) is 5.57. The van der Waals surface area contributed by atoms with E-state index in [1.165, 1.54) is 5.56 Å². The average molecular weight is 365 g/mol. The van der Waals surface area contributed by atoms with Gasteiger partial charge in [-0.25, -0.2) is 8.42 Å². The number of fused-ring (bicyclic) bond motifs is 1. The maximum Gasteiger partial charge on any atom is 0.241 e. The van der Waals surface area contributed by atoms with Crippen LogP contribution in [0.15, 0.2) is 18.2 Å². The average Bonchev–Trinajstić information content (AvgIpc) is 2.83. The zero-order chi connectivity index (χ0) is 18.4. The smallest absolute Gasteiger partial charge is 0.241 e. The number of aryl methyl sites for hydroxylation is 2. The summed E-state index contributed by atoms with van der Waals surface area (Å²) in [7, 11) is -3.12. The molecule has 1 amide bonds. The summed E-state index contributed by atoms with van der Waals surface area (Å²) >= 11 is 0. The highest BCUT2D eigenvalue weighted by Crippen LogP contribution is 2.32. The summed E-state index contributed by atoms with van der Waals surface area (Å²) in [5, 5.41) is 0. The molecule has 0 aromatic heterocycles. The fraction of sp³-hybridized carbons (Fsp3) is 0.632. The minimum atomic E-state index is -3.12. The third kappa shape index (κ3) is 3.75. The lowest BCUT2D eigenvalue weighted by molar-refractivity contribution is -0.123. The molecule has 0 aliphatic carbocycles. The molecule has 2 fully saturated rings.